The van der Waals surface area contributed by atoms with E-state index in [4.69, 9.17) is 11.0 Å². The first-order valence-electron chi connectivity index (χ1n) is 5.67. The van der Waals surface area contributed by atoms with E-state index in [1.165, 1.54) is 12.3 Å². The summed E-state index contributed by atoms with van der Waals surface area (Å²) < 4.78 is 0. The van der Waals surface area contributed by atoms with Crippen LogP contribution in [0.2, 0.25) is 0 Å². The molecule has 2 heterocycles. The molecular formula is C11H13N5O2. The van der Waals surface area contributed by atoms with Gasteiger partial charge in [0.2, 0.25) is 5.82 Å². The van der Waals surface area contributed by atoms with Gasteiger partial charge in [-0.2, -0.15) is 5.26 Å². The summed E-state index contributed by atoms with van der Waals surface area (Å²) in [4.78, 5) is 16.4. The van der Waals surface area contributed by atoms with Crippen LogP contribution in [0.25, 0.3) is 0 Å². The van der Waals surface area contributed by atoms with Crippen LogP contribution >= 0.6 is 0 Å². The molecule has 1 aromatic rings. The van der Waals surface area contributed by atoms with E-state index in [0.29, 0.717) is 13.1 Å². The molecule has 0 amide bonds. The van der Waals surface area contributed by atoms with Crippen LogP contribution in [0, 0.1) is 21.4 Å². The van der Waals surface area contributed by atoms with Crippen molar-refractivity contribution >= 4 is 11.5 Å². The zero-order chi connectivity index (χ0) is 13.1. The Bertz CT molecular complexity index is 511. The molecule has 1 saturated heterocycles. The fourth-order valence-corrected chi connectivity index (χ4v) is 2.15. The van der Waals surface area contributed by atoms with E-state index >= 15 is 0 Å². The van der Waals surface area contributed by atoms with Crippen molar-refractivity contribution in [1.29, 1.82) is 5.26 Å². The zero-order valence-corrected chi connectivity index (χ0v) is 9.74. The van der Waals surface area contributed by atoms with Gasteiger partial charge in [-0.3, -0.25) is 10.1 Å². The quantitative estimate of drug-likeness (QED) is 0.611. The largest absolute Gasteiger partial charge is 0.349 e. The molecular weight excluding hydrogens is 234 g/mol. The number of nitro groups is 1. The number of pyridine rings is 1. The van der Waals surface area contributed by atoms with Crippen LogP contribution in [0.5, 0.6) is 0 Å². The van der Waals surface area contributed by atoms with Crippen LogP contribution in [-0.4, -0.2) is 29.0 Å². The summed E-state index contributed by atoms with van der Waals surface area (Å²) in [5.74, 6) is 0.245. The number of hydrogen-bond donors (Lipinski definition) is 1. The molecule has 2 rings (SSSR count). The normalized spacial score (nSPS) is 19.3. The lowest BCUT2D eigenvalue weighted by Gasteiger charge is -2.31. The van der Waals surface area contributed by atoms with Crippen molar-refractivity contribution in [2.75, 3.05) is 18.0 Å². The maximum Gasteiger partial charge on any atom is 0.329 e. The standard InChI is InChI=1S/C11H13N5O2/c12-6-8-3-4-14-11(10(8)16(17)18)15-5-1-2-9(13)7-15/h3-4,9H,1-2,5,7,13H2. The molecule has 0 spiro atoms. The van der Waals surface area contributed by atoms with E-state index in [1.807, 2.05) is 6.07 Å². The minimum absolute atomic E-state index is 0.00843. The zero-order valence-electron chi connectivity index (χ0n) is 9.74. The Hall–Kier alpha value is -2.20. The fourth-order valence-electron chi connectivity index (χ4n) is 2.15. The minimum Gasteiger partial charge on any atom is -0.349 e. The Labute approximate surface area is 104 Å². The van der Waals surface area contributed by atoms with Crippen molar-refractivity contribution in [3.63, 3.8) is 0 Å². The topological polar surface area (TPSA) is 109 Å². The first-order chi connectivity index (χ1) is 8.63. The summed E-state index contributed by atoms with van der Waals surface area (Å²) in [6, 6.07) is 3.17. The highest BCUT2D eigenvalue weighted by molar-refractivity contribution is 5.65. The molecule has 1 aliphatic heterocycles. The van der Waals surface area contributed by atoms with Crippen LogP contribution in [0.15, 0.2) is 12.3 Å². The number of hydrogen-bond acceptors (Lipinski definition) is 6. The molecule has 1 atom stereocenters. The summed E-state index contributed by atoms with van der Waals surface area (Å²) in [6.45, 7) is 1.21. The van der Waals surface area contributed by atoms with Crippen LogP contribution in [0.3, 0.4) is 0 Å². The summed E-state index contributed by atoms with van der Waals surface area (Å²) >= 11 is 0. The summed E-state index contributed by atoms with van der Waals surface area (Å²) in [7, 11) is 0. The second-order valence-corrected chi connectivity index (χ2v) is 4.25. The summed E-state index contributed by atoms with van der Waals surface area (Å²) in [6.07, 6.45) is 3.19. The Kier molecular flexibility index (Phi) is 3.39. The van der Waals surface area contributed by atoms with Gasteiger partial charge in [0, 0.05) is 25.3 Å². The first kappa shape index (κ1) is 12.3. The maximum absolute atomic E-state index is 11.1. The first-order valence-corrected chi connectivity index (χ1v) is 5.67. The van der Waals surface area contributed by atoms with Crippen molar-refractivity contribution in [3.8, 4) is 6.07 Å². The Morgan fingerprint density at radius 2 is 2.44 bits per heavy atom. The van der Waals surface area contributed by atoms with Gasteiger partial charge >= 0.3 is 5.69 Å². The number of nitrogens with zero attached hydrogens (tertiary/aromatic N) is 4. The van der Waals surface area contributed by atoms with Gasteiger partial charge in [-0.15, -0.1) is 0 Å². The minimum atomic E-state index is -0.555. The fraction of sp³-hybridized carbons (Fsp3) is 0.455. The Morgan fingerprint density at radius 3 is 3.06 bits per heavy atom. The second-order valence-electron chi connectivity index (χ2n) is 4.25. The molecule has 1 aliphatic rings. The molecule has 0 aromatic carbocycles. The molecule has 1 aromatic heterocycles. The Balaban J connectivity index is 2.44. The van der Waals surface area contributed by atoms with Gasteiger partial charge in [0.05, 0.1) is 4.92 Å². The predicted octanol–water partition coefficient (Wildman–Crippen LogP) is 0.789. The van der Waals surface area contributed by atoms with Crippen molar-refractivity contribution < 1.29 is 4.92 Å². The SMILES string of the molecule is N#Cc1ccnc(N2CCCC(N)C2)c1[N+](=O)[O-]. The number of piperidine rings is 1. The molecule has 2 N–H and O–H groups in total. The van der Waals surface area contributed by atoms with Gasteiger partial charge in [-0.05, 0) is 18.9 Å². The van der Waals surface area contributed by atoms with Gasteiger partial charge in [0.1, 0.15) is 11.6 Å². The highest BCUT2D eigenvalue weighted by Crippen LogP contribution is 2.30. The van der Waals surface area contributed by atoms with Gasteiger partial charge in [-0.25, -0.2) is 4.98 Å². The van der Waals surface area contributed by atoms with Gasteiger partial charge in [-0.1, -0.05) is 0 Å². The molecule has 18 heavy (non-hydrogen) atoms. The van der Waals surface area contributed by atoms with E-state index in [1.54, 1.807) is 4.90 Å². The molecule has 1 fully saturated rings. The lowest BCUT2D eigenvalue weighted by atomic mass is 10.1. The predicted molar refractivity (Wildman–Crippen MR) is 65.0 cm³/mol. The van der Waals surface area contributed by atoms with Gasteiger partial charge < -0.3 is 10.6 Å². The maximum atomic E-state index is 11.1. The third-order valence-electron chi connectivity index (χ3n) is 2.97. The number of nitrogens with two attached hydrogens (primary N) is 1. The number of anilines is 1. The van der Waals surface area contributed by atoms with Crippen molar-refractivity contribution in [2.45, 2.75) is 18.9 Å². The van der Waals surface area contributed by atoms with Gasteiger partial charge in [0.15, 0.2) is 0 Å². The highest BCUT2D eigenvalue weighted by atomic mass is 16.6. The van der Waals surface area contributed by atoms with Crippen molar-refractivity contribution in [1.82, 2.24) is 4.98 Å². The summed E-state index contributed by atoms with van der Waals surface area (Å²) in [5, 5.41) is 20.0. The van der Waals surface area contributed by atoms with Crippen molar-refractivity contribution in [2.24, 2.45) is 5.73 Å². The number of aromatic nitrogens is 1. The van der Waals surface area contributed by atoms with Crippen LogP contribution in [0.4, 0.5) is 11.5 Å². The Morgan fingerprint density at radius 1 is 1.67 bits per heavy atom. The molecule has 1 unspecified atom stereocenters. The highest BCUT2D eigenvalue weighted by Gasteiger charge is 2.28. The average Bonchev–Trinajstić information content (AvgIpc) is 2.37. The van der Waals surface area contributed by atoms with Crippen LogP contribution in [0.1, 0.15) is 18.4 Å². The molecule has 0 radical (unpaired) electrons. The molecule has 7 nitrogen and oxygen atoms in total. The van der Waals surface area contributed by atoms with E-state index < -0.39 is 4.92 Å². The van der Waals surface area contributed by atoms with E-state index in [-0.39, 0.29) is 23.1 Å². The molecule has 0 bridgehead atoms. The average molecular weight is 247 g/mol. The monoisotopic (exact) mass is 247 g/mol. The second kappa shape index (κ2) is 4.98. The van der Waals surface area contributed by atoms with Crippen molar-refractivity contribution in [3.05, 3.63) is 27.9 Å². The molecule has 0 saturated carbocycles. The molecule has 0 aliphatic carbocycles. The van der Waals surface area contributed by atoms with E-state index in [9.17, 15) is 10.1 Å². The third kappa shape index (κ3) is 2.24. The number of rotatable bonds is 2. The molecule has 7 heteroatoms. The molecule has 94 valence electrons. The van der Waals surface area contributed by atoms with Crippen LogP contribution < -0.4 is 10.6 Å². The lowest BCUT2D eigenvalue weighted by molar-refractivity contribution is -0.384. The summed E-state index contributed by atoms with van der Waals surface area (Å²) in [5.41, 5.74) is 5.66. The van der Waals surface area contributed by atoms with Crippen LogP contribution in [-0.2, 0) is 0 Å². The lowest BCUT2D eigenvalue weighted by Crippen LogP contribution is -2.43. The van der Waals surface area contributed by atoms with E-state index in [2.05, 4.69) is 4.98 Å². The van der Waals surface area contributed by atoms with E-state index in [0.717, 1.165) is 12.8 Å². The van der Waals surface area contributed by atoms with Gasteiger partial charge in [0.25, 0.3) is 0 Å². The third-order valence-corrected chi connectivity index (χ3v) is 2.97. The smallest absolute Gasteiger partial charge is 0.329 e. The number of nitriles is 1.